The van der Waals surface area contributed by atoms with Crippen LogP contribution in [0.25, 0.3) is 0 Å². The fraction of sp³-hybridized carbons (Fsp3) is 0.538. The molecule has 2 atom stereocenters. The van der Waals surface area contributed by atoms with E-state index in [4.69, 9.17) is 0 Å². The van der Waals surface area contributed by atoms with Gasteiger partial charge < -0.3 is 10.4 Å². The van der Waals surface area contributed by atoms with E-state index >= 15 is 0 Å². The van der Waals surface area contributed by atoms with Crippen molar-refractivity contribution in [1.29, 1.82) is 0 Å². The van der Waals surface area contributed by atoms with Crippen LogP contribution in [0.4, 0.5) is 5.69 Å². The summed E-state index contributed by atoms with van der Waals surface area (Å²) in [5, 5.41) is 13.1. The van der Waals surface area contributed by atoms with Gasteiger partial charge in [0.15, 0.2) is 0 Å². The van der Waals surface area contributed by atoms with E-state index in [0.717, 1.165) is 23.0 Å². The summed E-state index contributed by atoms with van der Waals surface area (Å²) in [6.07, 6.45) is 3.31. The van der Waals surface area contributed by atoms with E-state index in [0.29, 0.717) is 5.92 Å². The van der Waals surface area contributed by atoms with E-state index in [1.807, 2.05) is 24.3 Å². The second kappa shape index (κ2) is 4.76. The molecule has 0 bridgehead atoms. The zero-order chi connectivity index (χ0) is 11.6. The fourth-order valence-corrected chi connectivity index (χ4v) is 2.79. The van der Waals surface area contributed by atoms with Gasteiger partial charge in [-0.25, -0.2) is 0 Å². The van der Waals surface area contributed by atoms with Crippen molar-refractivity contribution in [3.8, 4) is 0 Å². The molecule has 0 aromatic heterocycles. The highest BCUT2D eigenvalue weighted by atomic mass is 79.9. The number of halogens is 1. The third-order valence-corrected chi connectivity index (χ3v) is 3.94. The van der Waals surface area contributed by atoms with Crippen molar-refractivity contribution in [3.63, 3.8) is 0 Å². The van der Waals surface area contributed by atoms with Gasteiger partial charge in [0.1, 0.15) is 0 Å². The number of hydrogen-bond acceptors (Lipinski definition) is 2. The molecule has 1 fully saturated rings. The number of benzene rings is 1. The van der Waals surface area contributed by atoms with Crippen LogP contribution in [-0.2, 0) is 0 Å². The maximum Gasteiger partial charge on any atom is 0.0661 e. The summed E-state index contributed by atoms with van der Waals surface area (Å²) in [5.41, 5.74) is 0.985. The number of nitrogens with one attached hydrogen (secondary N) is 1. The number of hydrogen-bond donors (Lipinski definition) is 2. The highest BCUT2D eigenvalue weighted by molar-refractivity contribution is 9.10. The zero-order valence-corrected chi connectivity index (χ0v) is 11.1. The second-order valence-corrected chi connectivity index (χ2v) is 5.83. The van der Waals surface area contributed by atoms with Crippen molar-refractivity contribution in [2.24, 2.45) is 5.92 Å². The standard InChI is InChI=1S/C13H18BrNO/c1-10-6-7-13(8-10,9-16)15-12-4-2-11(14)3-5-12/h2-5,10,15-16H,6-9H2,1H3. The van der Waals surface area contributed by atoms with E-state index in [2.05, 4.69) is 28.2 Å². The molecule has 2 rings (SSSR count). The van der Waals surface area contributed by atoms with Gasteiger partial charge in [-0.15, -0.1) is 0 Å². The minimum absolute atomic E-state index is 0.104. The average molecular weight is 284 g/mol. The molecule has 1 aromatic rings. The SMILES string of the molecule is CC1CCC(CO)(Nc2ccc(Br)cc2)C1. The first-order chi connectivity index (χ1) is 7.63. The van der Waals surface area contributed by atoms with Gasteiger partial charge in [0.2, 0.25) is 0 Å². The van der Waals surface area contributed by atoms with Gasteiger partial charge in [-0.05, 0) is 49.4 Å². The number of rotatable bonds is 3. The summed E-state index contributed by atoms with van der Waals surface area (Å²) in [4.78, 5) is 0. The Balaban J connectivity index is 2.10. The summed E-state index contributed by atoms with van der Waals surface area (Å²) < 4.78 is 1.08. The second-order valence-electron chi connectivity index (χ2n) is 4.92. The van der Waals surface area contributed by atoms with E-state index in [9.17, 15) is 5.11 Å². The van der Waals surface area contributed by atoms with Gasteiger partial charge in [-0.3, -0.25) is 0 Å². The van der Waals surface area contributed by atoms with E-state index < -0.39 is 0 Å². The van der Waals surface area contributed by atoms with Gasteiger partial charge >= 0.3 is 0 Å². The molecule has 1 aromatic carbocycles. The normalized spacial score (nSPS) is 29.3. The van der Waals surface area contributed by atoms with Gasteiger partial charge in [0.05, 0.1) is 12.1 Å². The Morgan fingerprint density at radius 2 is 2.12 bits per heavy atom. The Kier molecular flexibility index (Phi) is 3.55. The fourth-order valence-electron chi connectivity index (χ4n) is 2.53. The summed E-state index contributed by atoms with van der Waals surface area (Å²) in [6.45, 7) is 2.47. The first-order valence-electron chi connectivity index (χ1n) is 5.78. The van der Waals surface area contributed by atoms with Crippen LogP contribution in [-0.4, -0.2) is 17.3 Å². The first kappa shape index (κ1) is 11.9. The third kappa shape index (κ3) is 2.58. The van der Waals surface area contributed by atoms with Gasteiger partial charge in [0, 0.05) is 10.2 Å². The minimum atomic E-state index is -0.104. The molecule has 2 nitrogen and oxygen atoms in total. The molecule has 2 N–H and O–H groups in total. The maximum absolute atomic E-state index is 9.58. The van der Waals surface area contributed by atoms with Crippen molar-refractivity contribution >= 4 is 21.6 Å². The molecular formula is C13H18BrNO. The molecule has 88 valence electrons. The molecule has 0 heterocycles. The van der Waals surface area contributed by atoms with Crippen LogP contribution in [0, 0.1) is 5.92 Å². The Morgan fingerprint density at radius 1 is 1.44 bits per heavy atom. The molecule has 16 heavy (non-hydrogen) atoms. The number of aliphatic hydroxyl groups excluding tert-OH is 1. The molecule has 0 aliphatic heterocycles. The van der Waals surface area contributed by atoms with Crippen molar-refractivity contribution in [2.45, 2.75) is 31.7 Å². The Bertz CT molecular complexity index is 351. The lowest BCUT2D eigenvalue weighted by Gasteiger charge is -2.29. The third-order valence-electron chi connectivity index (χ3n) is 3.41. The first-order valence-corrected chi connectivity index (χ1v) is 6.57. The highest BCUT2D eigenvalue weighted by Crippen LogP contribution is 2.36. The number of anilines is 1. The highest BCUT2D eigenvalue weighted by Gasteiger charge is 2.36. The topological polar surface area (TPSA) is 32.3 Å². The van der Waals surface area contributed by atoms with Crippen LogP contribution < -0.4 is 5.32 Å². The Morgan fingerprint density at radius 3 is 2.62 bits per heavy atom. The van der Waals surface area contributed by atoms with Gasteiger partial charge in [-0.2, -0.15) is 0 Å². The van der Waals surface area contributed by atoms with Crippen molar-refractivity contribution in [3.05, 3.63) is 28.7 Å². The van der Waals surface area contributed by atoms with Crippen molar-refractivity contribution in [1.82, 2.24) is 0 Å². The average Bonchev–Trinajstić information content (AvgIpc) is 2.64. The Labute approximate surface area is 105 Å². The van der Waals surface area contributed by atoms with E-state index in [1.54, 1.807) is 0 Å². The lowest BCUT2D eigenvalue weighted by molar-refractivity contribution is 0.211. The molecule has 0 spiro atoms. The molecule has 0 amide bonds. The molecular weight excluding hydrogens is 266 g/mol. The molecule has 1 aliphatic rings. The van der Waals surface area contributed by atoms with E-state index in [-0.39, 0.29) is 12.1 Å². The van der Waals surface area contributed by atoms with Crippen LogP contribution >= 0.6 is 15.9 Å². The molecule has 0 saturated heterocycles. The van der Waals surface area contributed by atoms with Gasteiger partial charge in [-0.1, -0.05) is 22.9 Å². The molecule has 1 saturated carbocycles. The molecule has 0 radical (unpaired) electrons. The predicted molar refractivity (Wildman–Crippen MR) is 70.6 cm³/mol. The molecule has 1 aliphatic carbocycles. The minimum Gasteiger partial charge on any atom is -0.394 e. The van der Waals surface area contributed by atoms with E-state index in [1.165, 1.54) is 6.42 Å². The summed E-state index contributed by atoms with van der Waals surface area (Å²) in [7, 11) is 0. The lowest BCUT2D eigenvalue weighted by Crippen LogP contribution is -2.39. The van der Waals surface area contributed by atoms with Crippen LogP contribution in [0.1, 0.15) is 26.2 Å². The summed E-state index contributed by atoms with van der Waals surface area (Å²) in [6, 6.07) is 8.13. The molecule has 3 heteroatoms. The van der Waals surface area contributed by atoms with Crippen LogP contribution in [0.5, 0.6) is 0 Å². The zero-order valence-electron chi connectivity index (χ0n) is 9.54. The van der Waals surface area contributed by atoms with Crippen molar-refractivity contribution < 1.29 is 5.11 Å². The maximum atomic E-state index is 9.58. The van der Waals surface area contributed by atoms with Crippen LogP contribution in [0.3, 0.4) is 0 Å². The monoisotopic (exact) mass is 283 g/mol. The summed E-state index contributed by atoms with van der Waals surface area (Å²) >= 11 is 3.42. The molecule has 2 unspecified atom stereocenters. The van der Waals surface area contributed by atoms with Crippen LogP contribution in [0.15, 0.2) is 28.7 Å². The predicted octanol–water partition coefficient (Wildman–Crippen LogP) is 3.41. The number of aliphatic hydroxyl groups is 1. The smallest absolute Gasteiger partial charge is 0.0661 e. The summed E-state index contributed by atoms with van der Waals surface area (Å²) in [5.74, 6) is 0.704. The van der Waals surface area contributed by atoms with Crippen molar-refractivity contribution in [2.75, 3.05) is 11.9 Å². The van der Waals surface area contributed by atoms with Gasteiger partial charge in [0.25, 0.3) is 0 Å². The lowest BCUT2D eigenvalue weighted by atomic mass is 9.97. The largest absolute Gasteiger partial charge is 0.394 e. The quantitative estimate of drug-likeness (QED) is 0.891. The Hall–Kier alpha value is -0.540. The van der Waals surface area contributed by atoms with Crippen LogP contribution in [0.2, 0.25) is 0 Å².